The Kier molecular flexibility index (Phi) is 11.0. The second-order valence-corrected chi connectivity index (χ2v) is 6.32. The minimum Gasteiger partial charge on any atom is -0.303 e. The molecule has 0 aliphatic rings. The highest BCUT2D eigenvalue weighted by Gasteiger charge is 2.08. The fourth-order valence-electron chi connectivity index (χ4n) is 2.41. The first-order valence-electron chi connectivity index (χ1n) is 7.78. The van der Waals surface area contributed by atoms with Crippen molar-refractivity contribution in [3.63, 3.8) is 0 Å². The fraction of sp³-hybridized carbons (Fsp3) is 1.00. The topological polar surface area (TPSA) is 3.24 Å². The van der Waals surface area contributed by atoms with Crippen LogP contribution < -0.4 is 0 Å². The van der Waals surface area contributed by atoms with E-state index in [4.69, 9.17) is 0 Å². The molecule has 0 aliphatic carbocycles. The van der Waals surface area contributed by atoms with Crippen LogP contribution in [-0.2, 0) is 0 Å². The van der Waals surface area contributed by atoms with Crippen molar-refractivity contribution in [1.29, 1.82) is 0 Å². The summed E-state index contributed by atoms with van der Waals surface area (Å²) >= 11 is 0. The van der Waals surface area contributed by atoms with Gasteiger partial charge in [0.2, 0.25) is 0 Å². The Morgan fingerprint density at radius 1 is 0.706 bits per heavy atom. The zero-order chi connectivity index (χ0) is 13.1. The summed E-state index contributed by atoms with van der Waals surface area (Å²) in [6.45, 7) is 15.4. The van der Waals surface area contributed by atoms with E-state index in [0.717, 1.165) is 11.8 Å². The van der Waals surface area contributed by atoms with Crippen LogP contribution in [0.15, 0.2) is 0 Å². The molecule has 0 atom stereocenters. The highest BCUT2D eigenvalue weighted by Crippen LogP contribution is 2.09. The van der Waals surface area contributed by atoms with Gasteiger partial charge in [0.1, 0.15) is 0 Å². The summed E-state index contributed by atoms with van der Waals surface area (Å²) in [5.74, 6) is 1.60. The lowest BCUT2D eigenvalue weighted by Gasteiger charge is -2.26. The van der Waals surface area contributed by atoms with Crippen LogP contribution in [0.4, 0.5) is 0 Å². The predicted octanol–water partition coefficient (Wildman–Crippen LogP) is 4.96. The van der Waals surface area contributed by atoms with Gasteiger partial charge in [0.15, 0.2) is 0 Å². The minimum absolute atomic E-state index is 0.800. The van der Waals surface area contributed by atoms with Crippen LogP contribution in [0.2, 0.25) is 0 Å². The van der Waals surface area contributed by atoms with Gasteiger partial charge in [-0.25, -0.2) is 0 Å². The molecular weight excluding hydrogens is 206 g/mol. The molecule has 1 heteroatoms. The molecule has 0 amide bonds. The lowest BCUT2D eigenvalue weighted by molar-refractivity contribution is 0.215. The van der Waals surface area contributed by atoms with Gasteiger partial charge in [0.05, 0.1) is 0 Å². The van der Waals surface area contributed by atoms with Gasteiger partial charge in [-0.15, -0.1) is 0 Å². The van der Waals surface area contributed by atoms with Crippen molar-refractivity contribution in [2.45, 2.75) is 73.1 Å². The average Bonchev–Trinajstić information content (AvgIpc) is 2.21. The average molecular weight is 241 g/mol. The van der Waals surface area contributed by atoms with E-state index in [2.05, 4.69) is 39.5 Å². The fourth-order valence-corrected chi connectivity index (χ4v) is 2.41. The van der Waals surface area contributed by atoms with Gasteiger partial charge < -0.3 is 4.90 Å². The molecule has 0 heterocycles. The van der Waals surface area contributed by atoms with E-state index in [0.29, 0.717) is 0 Å². The van der Waals surface area contributed by atoms with Crippen LogP contribution in [0.1, 0.15) is 73.1 Å². The lowest BCUT2D eigenvalue weighted by Crippen LogP contribution is -2.32. The number of hydrogen-bond acceptors (Lipinski definition) is 1. The second kappa shape index (κ2) is 11.1. The third-order valence-electron chi connectivity index (χ3n) is 3.07. The quantitative estimate of drug-likeness (QED) is 0.462. The van der Waals surface area contributed by atoms with E-state index < -0.39 is 0 Å². The van der Waals surface area contributed by atoms with Gasteiger partial charge in [-0.3, -0.25) is 0 Å². The van der Waals surface area contributed by atoms with Gasteiger partial charge >= 0.3 is 0 Å². The minimum atomic E-state index is 0.800. The Labute approximate surface area is 110 Å². The molecule has 104 valence electrons. The Balaban J connectivity index is 3.60. The Bertz CT molecular complexity index is 142. The summed E-state index contributed by atoms with van der Waals surface area (Å²) in [5, 5.41) is 0. The first-order valence-corrected chi connectivity index (χ1v) is 7.78. The van der Waals surface area contributed by atoms with Crippen LogP contribution >= 0.6 is 0 Å². The molecule has 1 nitrogen and oxygen atoms in total. The van der Waals surface area contributed by atoms with Crippen LogP contribution in [0.3, 0.4) is 0 Å². The normalized spacial score (nSPS) is 12.0. The number of hydrogen-bond donors (Lipinski definition) is 0. The largest absolute Gasteiger partial charge is 0.303 e. The molecule has 0 N–H and O–H groups in total. The standard InChI is InChI=1S/C16H35N/c1-6-7-8-9-10-11-12-17(13-15(2)3)14-16(4)5/h15-16H,6-14H2,1-5H3. The summed E-state index contributed by atoms with van der Waals surface area (Å²) in [6, 6.07) is 0. The zero-order valence-electron chi connectivity index (χ0n) is 13.0. The maximum Gasteiger partial charge on any atom is 0.000449 e. The molecular formula is C16H35N. The zero-order valence-corrected chi connectivity index (χ0v) is 13.0. The molecule has 0 aromatic heterocycles. The Morgan fingerprint density at radius 2 is 1.18 bits per heavy atom. The molecule has 0 saturated heterocycles. The lowest BCUT2D eigenvalue weighted by atomic mass is 10.1. The molecule has 17 heavy (non-hydrogen) atoms. The highest BCUT2D eigenvalue weighted by atomic mass is 15.1. The van der Waals surface area contributed by atoms with Crippen molar-refractivity contribution in [2.75, 3.05) is 19.6 Å². The van der Waals surface area contributed by atoms with E-state index in [1.165, 1.54) is 58.2 Å². The van der Waals surface area contributed by atoms with Crippen molar-refractivity contribution >= 4 is 0 Å². The monoisotopic (exact) mass is 241 g/mol. The maximum absolute atomic E-state index is 2.66. The van der Waals surface area contributed by atoms with Gasteiger partial charge in [-0.05, 0) is 24.8 Å². The van der Waals surface area contributed by atoms with Crippen LogP contribution in [-0.4, -0.2) is 24.5 Å². The third kappa shape index (κ3) is 12.2. The van der Waals surface area contributed by atoms with Crippen LogP contribution in [0, 0.1) is 11.8 Å². The molecule has 0 saturated carbocycles. The van der Waals surface area contributed by atoms with Gasteiger partial charge in [0.25, 0.3) is 0 Å². The Hall–Kier alpha value is -0.0400. The summed E-state index contributed by atoms with van der Waals surface area (Å²) in [5.41, 5.74) is 0. The molecule has 0 bridgehead atoms. The molecule has 0 aliphatic heterocycles. The third-order valence-corrected chi connectivity index (χ3v) is 3.07. The molecule has 0 unspecified atom stereocenters. The van der Waals surface area contributed by atoms with Crippen molar-refractivity contribution in [3.8, 4) is 0 Å². The summed E-state index contributed by atoms with van der Waals surface area (Å²) in [7, 11) is 0. The van der Waals surface area contributed by atoms with Gasteiger partial charge in [0, 0.05) is 13.1 Å². The van der Waals surface area contributed by atoms with E-state index in [1.54, 1.807) is 0 Å². The molecule has 0 fully saturated rings. The van der Waals surface area contributed by atoms with Crippen LogP contribution in [0.5, 0.6) is 0 Å². The van der Waals surface area contributed by atoms with Gasteiger partial charge in [-0.2, -0.15) is 0 Å². The SMILES string of the molecule is CCCCCCCCN(CC(C)C)CC(C)C. The van der Waals surface area contributed by atoms with Crippen LogP contribution in [0.25, 0.3) is 0 Å². The molecule has 0 spiro atoms. The highest BCUT2D eigenvalue weighted by molar-refractivity contribution is 4.62. The van der Waals surface area contributed by atoms with E-state index in [-0.39, 0.29) is 0 Å². The van der Waals surface area contributed by atoms with Crippen molar-refractivity contribution < 1.29 is 0 Å². The molecule has 0 radical (unpaired) electrons. The predicted molar refractivity (Wildman–Crippen MR) is 79.5 cm³/mol. The Morgan fingerprint density at radius 3 is 1.65 bits per heavy atom. The van der Waals surface area contributed by atoms with Crippen molar-refractivity contribution in [3.05, 3.63) is 0 Å². The smallest absolute Gasteiger partial charge is 0.000449 e. The number of rotatable bonds is 11. The first kappa shape index (κ1) is 17.0. The summed E-state index contributed by atoms with van der Waals surface area (Å²) in [6.07, 6.45) is 8.46. The number of unbranched alkanes of at least 4 members (excludes halogenated alkanes) is 5. The van der Waals surface area contributed by atoms with Crippen molar-refractivity contribution in [1.82, 2.24) is 4.90 Å². The summed E-state index contributed by atoms with van der Waals surface area (Å²) < 4.78 is 0. The molecule has 0 rings (SSSR count). The van der Waals surface area contributed by atoms with E-state index in [9.17, 15) is 0 Å². The second-order valence-electron chi connectivity index (χ2n) is 6.32. The first-order chi connectivity index (χ1) is 8.06. The maximum atomic E-state index is 2.66. The molecule has 0 aromatic carbocycles. The van der Waals surface area contributed by atoms with E-state index >= 15 is 0 Å². The summed E-state index contributed by atoms with van der Waals surface area (Å²) in [4.78, 5) is 2.66. The van der Waals surface area contributed by atoms with E-state index in [1.807, 2.05) is 0 Å². The number of nitrogens with zero attached hydrogens (tertiary/aromatic N) is 1. The molecule has 0 aromatic rings. The van der Waals surface area contributed by atoms with Crippen molar-refractivity contribution in [2.24, 2.45) is 11.8 Å². The van der Waals surface area contributed by atoms with Gasteiger partial charge in [-0.1, -0.05) is 66.7 Å².